The van der Waals surface area contributed by atoms with Crippen molar-refractivity contribution in [2.45, 2.75) is 59.5 Å². The molecular formula is C30H35NO2. The van der Waals surface area contributed by atoms with Crippen LogP contribution in [0.5, 0.6) is 5.75 Å². The van der Waals surface area contributed by atoms with Crippen LogP contribution in [0.4, 0.5) is 0 Å². The Bertz CT molecular complexity index is 1140. The minimum Gasteiger partial charge on any atom is -0.496 e. The van der Waals surface area contributed by atoms with Crippen LogP contribution in [0.2, 0.25) is 0 Å². The number of aromatic nitrogens is 1. The van der Waals surface area contributed by atoms with Gasteiger partial charge in [-0.3, -0.25) is 4.98 Å². The highest BCUT2D eigenvalue weighted by molar-refractivity contribution is 5.77. The van der Waals surface area contributed by atoms with Gasteiger partial charge in [0, 0.05) is 29.5 Å². The largest absolute Gasteiger partial charge is 0.496 e. The monoisotopic (exact) mass is 441 g/mol. The SMILES string of the molecule is CCOC(C1=CCCc2ccccc21)c1c(OC)cc(-c2c(CC)cccc2CC)nc1C. The summed E-state index contributed by atoms with van der Waals surface area (Å²) in [7, 11) is 1.75. The molecule has 0 fully saturated rings. The lowest BCUT2D eigenvalue weighted by Gasteiger charge is -2.28. The van der Waals surface area contributed by atoms with Gasteiger partial charge in [0.1, 0.15) is 11.9 Å². The number of rotatable bonds is 8. The fourth-order valence-electron chi connectivity index (χ4n) is 5.10. The smallest absolute Gasteiger partial charge is 0.129 e. The zero-order chi connectivity index (χ0) is 23.4. The Morgan fingerprint density at radius 1 is 0.970 bits per heavy atom. The molecule has 0 radical (unpaired) electrons. The predicted molar refractivity (Wildman–Crippen MR) is 137 cm³/mol. The van der Waals surface area contributed by atoms with E-state index in [0.29, 0.717) is 6.61 Å². The molecule has 33 heavy (non-hydrogen) atoms. The number of pyridine rings is 1. The first-order valence-electron chi connectivity index (χ1n) is 12.2. The van der Waals surface area contributed by atoms with Crippen molar-refractivity contribution in [3.63, 3.8) is 0 Å². The van der Waals surface area contributed by atoms with Gasteiger partial charge in [0.15, 0.2) is 0 Å². The topological polar surface area (TPSA) is 31.4 Å². The van der Waals surface area contributed by atoms with Crippen molar-refractivity contribution in [1.82, 2.24) is 4.98 Å². The van der Waals surface area contributed by atoms with Gasteiger partial charge < -0.3 is 9.47 Å². The predicted octanol–water partition coefficient (Wildman–Crippen LogP) is 7.30. The summed E-state index contributed by atoms with van der Waals surface area (Å²) in [5.41, 5.74) is 10.7. The van der Waals surface area contributed by atoms with Crippen LogP contribution in [0.1, 0.15) is 66.8 Å². The molecule has 0 amide bonds. The summed E-state index contributed by atoms with van der Waals surface area (Å²) in [6.45, 7) is 9.16. The van der Waals surface area contributed by atoms with Crippen LogP contribution in [0.3, 0.4) is 0 Å². The van der Waals surface area contributed by atoms with Crippen molar-refractivity contribution in [1.29, 1.82) is 0 Å². The first kappa shape index (κ1) is 23.3. The molecule has 1 aliphatic rings. The summed E-state index contributed by atoms with van der Waals surface area (Å²) in [5, 5.41) is 0. The van der Waals surface area contributed by atoms with Gasteiger partial charge in [-0.2, -0.15) is 0 Å². The molecule has 4 rings (SSSR count). The van der Waals surface area contributed by atoms with Gasteiger partial charge in [-0.15, -0.1) is 0 Å². The first-order valence-corrected chi connectivity index (χ1v) is 12.2. The van der Waals surface area contributed by atoms with E-state index in [4.69, 9.17) is 14.5 Å². The molecule has 3 heteroatoms. The van der Waals surface area contributed by atoms with Crippen molar-refractivity contribution in [2.75, 3.05) is 13.7 Å². The summed E-state index contributed by atoms with van der Waals surface area (Å²) >= 11 is 0. The van der Waals surface area contributed by atoms with Gasteiger partial charge >= 0.3 is 0 Å². The molecule has 1 atom stereocenters. The Balaban J connectivity index is 1.88. The van der Waals surface area contributed by atoms with Gasteiger partial charge in [0.2, 0.25) is 0 Å². The summed E-state index contributed by atoms with van der Waals surface area (Å²) in [6, 6.07) is 17.3. The molecule has 0 aliphatic heterocycles. The average molecular weight is 442 g/mol. The summed E-state index contributed by atoms with van der Waals surface area (Å²) in [5.74, 6) is 0.841. The van der Waals surface area contributed by atoms with Crippen molar-refractivity contribution in [2.24, 2.45) is 0 Å². The van der Waals surface area contributed by atoms with Crippen LogP contribution in [0, 0.1) is 6.92 Å². The molecule has 1 aliphatic carbocycles. The number of hydrogen-bond donors (Lipinski definition) is 0. The van der Waals surface area contributed by atoms with Crippen LogP contribution in [-0.2, 0) is 24.0 Å². The molecule has 0 bridgehead atoms. The lowest BCUT2D eigenvalue weighted by Crippen LogP contribution is -2.14. The Morgan fingerprint density at radius 2 is 1.70 bits per heavy atom. The van der Waals surface area contributed by atoms with Gasteiger partial charge in [-0.1, -0.05) is 62.4 Å². The number of methoxy groups -OCH3 is 1. The number of nitrogens with zero attached hydrogens (tertiary/aromatic N) is 1. The van der Waals surface area contributed by atoms with E-state index in [1.807, 2.05) is 0 Å². The second-order valence-corrected chi connectivity index (χ2v) is 8.56. The lowest BCUT2D eigenvalue weighted by molar-refractivity contribution is 0.101. The number of fused-ring (bicyclic) bond motifs is 1. The third-order valence-corrected chi connectivity index (χ3v) is 6.67. The van der Waals surface area contributed by atoms with Crippen molar-refractivity contribution in [3.05, 3.63) is 88.1 Å². The van der Waals surface area contributed by atoms with Gasteiger partial charge in [-0.05, 0) is 67.4 Å². The van der Waals surface area contributed by atoms with E-state index in [-0.39, 0.29) is 6.10 Å². The minimum atomic E-state index is -0.208. The normalized spacial score (nSPS) is 13.9. The van der Waals surface area contributed by atoms with E-state index in [2.05, 4.69) is 82.3 Å². The summed E-state index contributed by atoms with van der Waals surface area (Å²) in [4.78, 5) is 5.14. The molecule has 1 heterocycles. The zero-order valence-corrected chi connectivity index (χ0v) is 20.6. The average Bonchev–Trinajstić information content (AvgIpc) is 2.86. The number of benzene rings is 2. The van der Waals surface area contributed by atoms with Crippen molar-refractivity contribution < 1.29 is 9.47 Å². The van der Waals surface area contributed by atoms with E-state index in [0.717, 1.165) is 48.4 Å². The molecule has 2 aromatic carbocycles. The van der Waals surface area contributed by atoms with E-state index in [1.54, 1.807) is 7.11 Å². The molecule has 0 spiro atoms. The maximum Gasteiger partial charge on any atom is 0.129 e. The van der Waals surface area contributed by atoms with E-state index in [1.165, 1.54) is 33.4 Å². The van der Waals surface area contributed by atoms with Crippen LogP contribution < -0.4 is 4.74 Å². The van der Waals surface area contributed by atoms with Gasteiger partial charge in [-0.25, -0.2) is 0 Å². The summed E-state index contributed by atoms with van der Waals surface area (Å²) < 4.78 is 12.4. The Labute approximate surface area is 198 Å². The number of aryl methyl sites for hydroxylation is 4. The van der Waals surface area contributed by atoms with Gasteiger partial charge in [0.05, 0.1) is 12.8 Å². The molecule has 1 unspecified atom stereocenters. The Kier molecular flexibility index (Phi) is 7.29. The summed E-state index contributed by atoms with van der Waals surface area (Å²) in [6.07, 6.45) is 6.15. The second kappa shape index (κ2) is 10.4. The highest BCUT2D eigenvalue weighted by Gasteiger charge is 2.28. The molecule has 0 saturated carbocycles. The van der Waals surface area contributed by atoms with Crippen LogP contribution >= 0.6 is 0 Å². The number of hydrogen-bond acceptors (Lipinski definition) is 3. The maximum atomic E-state index is 6.39. The quantitative estimate of drug-likeness (QED) is 0.367. The molecule has 0 N–H and O–H groups in total. The fraction of sp³-hybridized carbons (Fsp3) is 0.367. The highest BCUT2D eigenvalue weighted by Crippen LogP contribution is 2.44. The van der Waals surface area contributed by atoms with Crippen molar-refractivity contribution in [3.8, 4) is 17.0 Å². The maximum absolute atomic E-state index is 6.39. The number of ether oxygens (including phenoxy) is 2. The van der Waals surface area contributed by atoms with Crippen LogP contribution in [0.15, 0.2) is 54.6 Å². The zero-order valence-electron chi connectivity index (χ0n) is 20.6. The third kappa shape index (κ3) is 4.47. The molecule has 3 aromatic rings. The van der Waals surface area contributed by atoms with Crippen molar-refractivity contribution >= 4 is 5.57 Å². The standard InChI is InChI=1S/C30H35NO2/c1-6-21-14-11-15-22(7-2)29(21)26-19-27(32-5)28(20(4)31-26)30(33-8-3)25-18-12-16-23-13-9-10-17-24(23)25/h9-11,13-15,17-19,30H,6-8,12,16H2,1-5H3. The van der Waals surface area contributed by atoms with E-state index >= 15 is 0 Å². The molecule has 172 valence electrons. The van der Waals surface area contributed by atoms with Crippen LogP contribution in [-0.4, -0.2) is 18.7 Å². The molecule has 3 nitrogen and oxygen atoms in total. The highest BCUT2D eigenvalue weighted by atomic mass is 16.5. The molecule has 1 aromatic heterocycles. The molecular weight excluding hydrogens is 406 g/mol. The Hall–Kier alpha value is -2.91. The number of allylic oxidation sites excluding steroid dienone is 1. The second-order valence-electron chi connectivity index (χ2n) is 8.56. The first-order chi connectivity index (χ1) is 16.1. The minimum absolute atomic E-state index is 0.208. The van der Waals surface area contributed by atoms with Gasteiger partial charge in [0.25, 0.3) is 0 Å². The van der Waals surface area contributed by atoms with Crippen LogP contribution in [0.25, 0.3) is 16.8 Å². The Morgan fingerprint density at radius 3 is 2.36 bits per heavy atom. The third-order valence-electron chi connectivity index (χ3n) is 6.67. The van der Waals surface area contributed by atoms with E-state index < -0.39 is 0 Å². The fourth-order valence-corrected chi connectivity index (χ4v) is 5.10. The van der Waals surface area contributed by atoms with E-state index in [9.17, 15) is 0 Å². The molecule has 0 saturated heterocycles. The lowest BCUT2D eigenvalue weighted by atomic mass is 9.85.